The van der Waals surface area contributed by atoms with Crippen LogP contribution in [-0.2, 0) is 5.41 Å². The van der Waals surface area contributed by atoms with E-state index in [2.05, 4.69) is 36.4 Å². The van der Waals surface area contributed by atoms with Crippen molar-refractivity contribution in [3.8, 4) is 11.1 Å². The first kappa shape index (κ1) is 40.4. The van der Waals surface area contributed by atoms with Crippen LogP contribution in [0.2, 0.25) is 0 Å². The third-order valence-corrected chi connectivity index (χ3v) is 13.6. The molecule has 0 aliphatic heterocycles. The normalized spacial score (nSPS) is 12.8. The Morgan fingerprint density at radius 3 is 0.971 bits per heavy atom. The van der Waals surface area contributed by atoms with Crippen LogP contribution in [0, 0.1) is 23.3 Å². The molecule has 12 aromatic rings. The molecule has 0 bridgehead atoms. The molecule has 2 aromatic heterocycles. The van der Waals surface area contributed by atoms with E-state index in [9.17, 15) is 17.6 Å². The average Bonchev–Trinajstić information content (AvgIpc) is 4.06. The van der Waals surface area contributed by atoms with Crippen LogP contribution in [0.5, 0.6) is 0 Å². The number of furan rings is 2. The number of anilines is 6. The highest BCUT2D eigenvalue weighted by atomic mass is 19.1. The molecule has 0 fully saturated rings. The zero-order valence-electron chi connectivity index (χ0n) is 36.5. The minimum Gasteiger partial charge on any atom is -0.455 e. The number of nitrogens with zero attached hydrogens (tertiary/aromatic N) is 2. The summed E-state index contributed by atoms with van der Waals surface area (Å²) in [5.74, 6) is -1.58. The highest BCUT2D eigenvalue weighted by molar-refractivity contribution is 6.25. The lowest BCUT2D eigenvalue weighted by Gasteiger charge is -2.36. The fraction of sp³-hybridized carbons (Fsp3) is 0.0164. The molecule has 2 heterocycles. The summed E-state index contributed by atoms with van der Waals surface area (Å²) in [6, 6.07) is 66.0. The van der Waals surface area contributed by atoms with Gasteiger partial charge in [-0.3, -0.25) is 0 Å². The van der Waals surface area contributed by atoms with Crippen molar-refractivity contribution in [3.63, 3.8) is 0 Å². The Balaban J connectivity index is 1.26. The smallest absolute Gasteiger partial charge is 0.145 e. The van der Waals surface area contributed by atoms with E-state index < -0.39 is 28.7 Å². The van der Waals surface area contributed by atoms with E-state index in [1.165, 1.54) is 48.5 Å². The third kappa shape index (κ3) is 6.15. The van der Waals surface area contributed by atoms with Gasteiger partial charge in [0.25, 0.3) is 0 Å². The summed E-state index contributed by atoms with van der Waals surface area (Å²) in [7, 11) is 0. The van der Waals surface area contributed by atoms with Gasteiger partial charge < -0.3 is 18.6 Å². The molecule has 0 radical (unpaired) electrons. The van der Waals surface area contributed by atoms with Gasteiger partial charge in [0, 0.05) is 44.6 Å². The average molecular weight is 905 g/mol. The predicted molar refractivity (Wildman–Crippen MR) is 267 cm³/mol. The largest absolute Gasteiger partial charge is 0.455 e. The minimum absolute atomic E-state index is 0.394. The summed E-state index contributed by atoms with van der Waals surface area (Å²) in [5, 5.41) is 3.26. The van der Waals surface area contributed by atoms with E-state index in [0.29, 0.717) is 45.1 Å². The van der Waals surface area contributed by atoms with Crippen molar-refractivity contribution in [3.05, 3.63) is 264 Å². The Kier molecular flexibility index (Phi) is 9.14. The van der Waals surface area contributed by atoms with Crippen molar-refractivity contribution >= 4 is 78.0 Å². The Labute approximate surface area is 393 Å². The van der Waals surface area contributed by atoms with E-state index in [0.717, 1.165) is 66.3 Å². The van der Waals surface area contributed by atoms with Crippen LogP contribution >= 0.6 is 0 Å². The van der Waals surface area contributed by atoms with Crippen LogP contribution in [0.1, 0.15) is 22.3 Å². The standard InChI is InChI=1S/C61H36F4N2O2/c62-39-19-27-43(28-20-39)66(44-29-21-40(63)22-30-44)51-35-49-57(59-55(51)47-15-7-9-17-53(47)68-59)58-50(61(49,37-11-3-1-4-12-37)38-13-5-2-6-14-38)36-52(56-48-16-8-10-18-54(48)69-60(56)58)67(45-31-23-41(64)24-32-45)46-33-25-42(65)26-34-46/h1-36H. The maximum atomic E-state index is 14.8. The molecule has 8 heteroatoms. The Bertz CT molecular complexity index is 3570. The number of hydrogen-bond acceptors (Lipinski definition) is 4. The van der Waals surface area contributed by atoms with Gasteiger partial charge in [0.05, 0.1) is 27.6 Å². The molecule has 4 nitrogen and oxygen atoms in total. The zero-order chi connectivity index (χ0) is 46.4. The van der Waals surface area contributed by atoms with E-state index in [4.69, 9.17) is 8.83 Å². The van der Waals surface area contributed by atoms with E-state index in [1.807, 2.05) is 94.7 Å². The molecule has 1 aliphatic rings. The Morgan fingerprint density at radius 1 is 0.333 bits per heavy atom. The van der Waals surface area contributed by atoms with Gasteiger partial charge in [0.15, 0.2) is 0 Å². The summed E-state index contributed by atoms with van der Waals surface area (Å²) in [4.78, 5) is 4.06. The monoisotopic (exact) mass is 904 g/mol. The number of benzene rings is 10. The van der Waals surface area contributed by atoms with Crippen molar-refractivity contribution in [1.29, 1.82) is 0 Å². The predicted octanol–water partition coefficient (Wildman–Crippen LogP) is 17.3. The minimum atomic E-state index is -1.09. The topological polar surface area (TPSA) is 32.8 Å². The van der Waals surface area contributed by atoms with Gasteiger partial charge in [0.1, 0.15) is 45.6 Å². The van der Waals surface area contributed by atoms with Gasteiger partial charge >= 0.3 is 0 Å². The molecule has 0 spiro atoms. The highest BCUT2D eigenvalue weighted by Gasteiger charge is 2.50. The lowest BCUT2D eigenvalue weighted by atomic mass is 9.67. The quantitative estimate of drug-likeness (QED) is 0.142. The van der Waals surface area contributed by atoms with Crippen molar-refractivity contribution in [2.75, 3.05) is 9.80 Å². The first-order valence-electron chi connectivity index (χ1n) is 22.6. The van der Waals surface area contributed by atoms with E-state index >= 15 is 0 Å². The lowest BCUT2D eigenvalue weighted by Crippen LogP contribution is -2.29. The molecule has 0 unspecified atom stereocenters. The molecule has 13 rings (SSSR count). The molecule has 0 N–H and O–H groups in total. The summed E-state index contributed by atoms with van der Waals surface area (Å²) >= 11 is 0. The van der Waals surface area contributed by atoms with Gasteiger partial charge in [-0.15, -0.1) is 0 Å². The fourth-order valence-corrected chi connectivity index (χ4v) is 10.7. The summed E-state index contributed by atoms with van der Waals surface area (Å²) < 4.78 is 73.8. The number of halogens is 4. The highest BCUT2D eigenvalue weighted by Crippen LogP contribution is 2.64. The molecule has 0 saturated heterocycles. The van der Waals surface area contributed by atoms with Crippen LogP contribution in [0.15, 0.2) is 227 Å². The van der Waals surface area contributed by atoms with Crippen LogP contribution in [0.4, 0.5) is 51.7 Å². The molecular formula is C61H36F4N2O2. The number of para-hydroxylation sites is 2. The molecule has 0 atom stereocenters. The molecule has 69 heavy (non-hydrogen) atoms. The van der Waals surface area contributed by atoms with Crippen LogP contribution in [-0.4, -0.2) is 0 Å². The van der Waals surface area contributed by atoms with Crippen molar-refractivity contribution in [2.24, 2.45) is 0 Å². The molecule has 10 aromatic carbocycles. The maximum absolute atomic E-state index is 14.8. The van der Waals surface area contributed by atoms with Gasteiger partial charge in [-0.1, -0.05) is 97.1 Å². The molecule has 330 valence electrons. The molecule has 1 aliphatic carbocycles. The van der Waals surface area contributed by atoms with E-state index in [1.54, 1.807) is 48.5 Å². The lowest BCUT2D eigenvalue weighted by molar-refractivity contribution is 0.627. The van der Waals surface area contributed by atoms with Crippen molar-refractivity contribution in [2.45, 2.75) is 5.41 Å². The van der Waals surface area contributed by atoms with Crippen LogP contribution < -0.4 is 9.80 Å². The summed E-state index contributed by atoms with van der Waals surface area (Å²) in [6.07, 6.45) is 0. The summed E-state index contributed by atoms with van der Waals surface area (Å²) in [6.45, 7) is 0. The summed E-state index contributed by atoms with van der Waals surface area (Å²) in [5.41, 5.74) is 10.7. The van der Waals surface area contributed by atoms with Crippen LogP contribution in [0.3, 0.4) is 0 Å². The maximum Gasteiger partial charge on any atom is 0.145 e. The second-order valence-corrected chi connectivity index (χ2v) is 17.3. The second kappa shape index (κ2) is 15.6. The van der Waals surface area contributed by atoms with Gasteiger partial charge in [-0.2, -0.15) is 0 Å². The zero-order valence-corrected chi connectivity index (χ0v) is 36.5. The fourth-order valence-electron chi connectivity index (χ4n) is 10.7. The first-order valence-corrected chi connectivity index (χ1v) is 22.6. The van der Waals surface area contributed by atoms with Gasteiger partial charge in [-0.05, 0) is 144 Å². The number of rotatable bonds is 8. The van der Waals surface area contributed by atoms with Gasteiger partial charge in [-0.25, -0.2) is 17.6 Å². The van der Waals surface area contributed by atoms with Crippen molar-refractivity contribution in [1.82, 2.24) is 0 Å². The Hall–Kier alpha value is -8.88. The molecule has 0 saturated carbocycles. The third-order valence-electron chi connectivity index (χ3n) is 13.6. The SMILES string of the molecule is Fc1ccc(N(c2ccc(F)cc2)c2cc3c(c4oc5ccccc5c24)-c2c(cc(N(c4ccc(F)cc4)c4ccc(F)cc4)c4c2oc2ccccc24)C3(c2ccccc2)c2ccccc2)cc1. The molecule has 0 amide bonds. The van der Waals surface area contributed by atoms with Crippen molar-refractivity contribution < 1.29 is 26.4 Å². The number of fused-ring (bicyclic) bond motifs is 11. The molecular weight excluding hydrogens is 869 g/mol. The Morgan fingerprint density at radius 2 is 0.638 bits per heavy atom. The first-order chi connectivity index (χ1) is 33.9. The second-order valence-electron chi connectivity index (χ2n) is 17.3. The van der Waals surface area contributed by atoms with Crippen LogP contribution in [0.25, 0.3) is 55.0 Å². The number of hydrogen-bond donors (Lipinski definition) is 0. The van der Waals surface area contributed by atoms with E-state index in [-0.39, 0.29) is 0 Å². The van der Waals surface area contributed by atoms with Gasteiger partial charge in [0.2, 0.25) is 0 Å².